The smallest absolute Gasteiger partial charge is 0.245 e. The lowest BCUT2D eigenvalue weighted by Crippen LogP contribution is -2.44. The maximum Gasteiger partial charge on any atom is 0.245 e. The maximum atomic E-state index is 12.7. The Kier molecular flexibility index (Phi) is 5.13. The predicted octanol–water partition coefficient (Wildman–Crippen LogP) is 3.69. The van der Waals surface area contributed by atoms with Gasteiger partial charge in [0.15, 0.2) is 9.84 Å². The van der Waals surface area contributed by atoms with Crippen LogP contribution in [0.3, 0.4) is 0 Å². The first-order chi connectivity index (χ1) is 10.6. The van der Waals surface area contributed by atoms with Crippen molar-refractivity contribution in [3.63, 3.8) is 0 Å². The number of sulfone groups is 1. The van der Waals surface area contributed by atoms with Crippen molar-refractivity contribution in [3.05, 3.63) is 52.2 Å². The number of hydrogen-bond donors (Lipinski definition) is 1. The summed E-state index contributed by atoms with van der Waals surface area (Å²) in [6.45, 7) is 2.73. The number of amides is 1. The largest absolute Gasteiger partial charge is 0.323 e. The molecule has 5 nitrogen and oxygen atoms in total. The molecule has 0 bridgehead atoms. The van der Waals surface area contributed by atoms with Crippen LogP contribution in [0, 0.1) is 0 Å². The highest BCUT2D eigenvalue weighted by atomic mass is 79.9. The first-order valence-electron chi connectivity index (χ1n) is 6.58. The molecule has 1 heterocycles. The summed E-state index contributed by atoms with van der Waals surface area (Å²) < 4.78 is 24.6. The van der Waals surface area contributed by atoms with Crippen molar-refractivity contribution in [1.29, 1.82) is 0 Å². The first kappa shape index (κ1) is 17.9. The van der Waals surface area contributed by atoms with E-state index in [1.165, 1.54) is 38.2 Å². The van der Waals surface area contributed by atoms with Gasteiger partial charge in [-0.05, 0) is 50.2 Å². The molecule has 0 atom stereocenters. The predicted molar refractivity (Wildman–Crippen MR) is 93.3 cm³/mol. The Labute approximate surface area is 148 Å². The molecule has 0 aliphatic carbocycles. The van der Waals surface area contributed by atoms with E-state index in [1.807, 2.05) is 0 Å². The zero-order valence-electron chi connectivity index (χ0n) is 12.4. The SMILES string of the molecule is CC(C)(C(=O)Nc1ccc(Cl)nc1)S(=O)(=O)c1ccc(Br)cc1. The molecule has 0 unspecified atom stereocenters. The summed E-state index contributed by atoms with van der Waals surface area (Å²) in [5.74, 6) is -0.649. The van der Waals surface area contributed by atoms with Gasteiger partial charge in [-0.3, -0.25) is 4.79 Å². The molecule has 0 spiro atoms. The molecule has 23 heavy (non-hydrogen) atoms. The minimum absolute atomic E-state index is 0.0788. The Bertz CT molecular complexity index is 819. The van der Waals surface area contributed by atoms with Crippen molar-refractivity contribution in [1.82, 2.24) is 4.98 Å². The summed E-state index contributed by atoms with van der Waals surface area (Å²) in [6.07, 6.45) is 1.36. The molecule has 1 aromatic carbocycles. The van der Waals surface area contributed by atoms with Crippen LogP contribution in [-0.4, -0.2) is 24.1 Å². The highest BCUT2D eigenvalue weighted by Crippen LogP contribution is 2.28. The van der Waals surface area contributed by atoms with E-state index in [-0.39, 0.29) is 10.0 Å². The van der Waals surface area contributed by atoms with Crippen LogP contribution in [0.4, 0.5) is 5.69 Å². The van der Waals surface area contributed by atoms with Gasteiger partial charge < -0.3 is 5.32 Å². The number of pyridine rings is 1. The van der Waals surface area contributed by atoms with Crippen LogP contribution in [0.15, 0.2) is 52.0 Å². The minimum Gasteiger partial charge on any atom is -0.323 e. The van der Waals surface area contributed by atoms with E-state index in [0.717, 1.165) is 4.47 Å². The molecule has 122 valence electrons. The van der Waals surface area contributed by atoms with Gasteiger partial charge in [-0.15, -0.1) is 0 Å². The van der Waals surface area contributed by atoms with E-state index in [1.54, 1.807) is 18.2 Å². The van der Waals surface area contributed by atoms with Crippen LogP contribution < -0.4 is 5.32 Å². The Balaban J connectivity index is 2.30. The monoisotopic (exact) mass is 416 g/mol. The second-order valence-electron chi connectivity index (χ2n) is 5.29. The highest BCUT2D eigenvalue weighted by molar-refractivity contribution is 9.10. The van der Waals surface area contributed by atoms with Gasteiger partial charge in [0, 0.05) is 4.47 Å². The van der Waals surface area contributed by atoms with E-state index in [9.17, 15) is 13.2 Å². The number of aromatic nitrogens is 1. The number of halogens is 2. The van der Waals surface area contributed by atoms with Gasteiger partial charge in [0.25, 0.3) is 0 Å². The summed E-state index contributed by atoms with van der Waals surface area (Å²) in [4.78, 5) is 16.4. The summed E-state index contributed by atoms with van der Waals surface area (Å²) >= 11 is 8.93. The topological polar surface area (TPSA) is 76.1 Å². The molecular formula is C15H14BrClN2O3S. The third-order valence-electron chi connectivity index (χ3n) is 3.33. The number of anilines is 1. The first-order valence-corrected chi connectivity index (χ1v) is 9.23. The number of benzene rings is 1. The highest BCUT2D eigenvalue weighted by Gasteiger charge is 2.42. The van der Waals surface area contributed by atoms with Gasteiger partial charge in [0.05, 0.1) is 16.8 Å². The van der Waals surface area contributed by atoms with Crippen LogP contribution in [0.25, 0.3) is 0 Å². The van der Waals surface area contributed by atoms with Crippen molar-refractivity contribution < 1.29 is 13.2 Å². The third-order valence-corrected chi connectivity index (χ3v) is 6.50. The fraction of sp³-hybridized carbons (Fsp3) is 0.200. The van der Waals surface area contributed by atoms with Crippen LogP contribution in [0.1, 0.15) is 13.8 Å². The number of rotatable bonds is 4. The van der Waals surface area contributed by atoms with Crippen LogP contribution in [0.5, 0.6) is 0 Å². The maximum absolute atomic E-state index is 12.7. The molecule has 1 aromatic heterocycles. The normalized spacial score (nSPS) is 12.0. The second kappa shape index (κ2) is 6.59. The zero-order chi connectivity index (χ0) is 17.3. The number of carbonyl (C=O) groups is 1. The van der Waals surface area contributed by atoms with Crippen molar-refractivity contribution in [2.45, 2.75) is 23.5 Å². The van der Waals surface area contributed by atoms with Crippen molar-refractivity contribution >= 4 is 49.0 Å². The average molecular weight is 418 g/mol. The van der Waals surface area contributed by atoms with Gasteiger partial charge >= 0.3 is 0 Å². The van der Waals surface area contributed by atoms with Crippen LogP contribution in [0.2, 0.25) is 5.15 Å². The average Bonchev–Trinajstić information content (AvgIpc) is 2.49. The molecule has 0 radical (unpaired) electrons. The lowest BCUT2D eigenvalue weighted by atomic mass is 10.2. The van der Waals surface area contributed by atoms with Crippen LogP contribution in [-0.2, 0) is 14.6 Å². The molecule has 0 fully saturated rings. The van der Waals surface area contributed by atoms with Gasteiger partial charge in [0.2, 0.25) is 5.91 Å². The molecule has 0 aliphatic rings. The molecule has 2 rings (SSSR count). The number of hydrogen-bond acceptors (Lipinski definition) is 4. The number of carbonyl (C=O) groups excluding carboxylic acids is 1. The number of nitrogens with one attached hydrogen (secondary N) is 1. The number of nitrogens with zero attached hydrogens (tertiary/aromatic N) is 1. The van der Waals surface area contributed by atoms with E-state index in [0.29, 0.717) is 5.69 Å². The van der Waals surface area contributed by atoms with E-state index < -0.39 is 20.5 Å². The molecule has 0 saturated carbocycles. The van der Waals surface area contributed by atoms with Crippen LogP contribution >= 0.6 is 27.5 Å². The van der Waals surface area contributed by atoms with E-state index in [4.69, 9.17) is 11.6 Å². The summed E-state index contributed by atoms with van der Waals surface area (Å²) in [5, 5.41) is 2.83. The van der Waals surface area contributed by atoms with Crippen molar-refractivity contribution in [2.24, 2.45) is 0 Å². The minimum atomic E-state index is -3.86. The van der Waals surface area contributed by atoms with E-state index in [2.05, 4.69) is 26.2 Å². The lowest BCUT2D eigenvalue weighted by molar-refractivity contribution is -0.117. The third kappa shape index (κ3) is 3.73. The molecule has 1 N–H and O–H groups in total. The molecule has 0 aliphatic heterocycles. The van der Waals surface area contributed by atoms with Gasteiger partial charge in [-0.1, -0.05) is 27.5 Å². The molecule has 1 amide bonds. The summed E-state index contributed by atoms with van der Waals surface area (Å²) in [6, 6.07) is 9.20. The Morgan fingerprint density at radius 1 is 1.17 bits per heavy atom. The van der Waals surface area contributed by atoms with Crippen molar-refractivity contribution in [2.75, 3.05) is 5.32 Å². The summed E-state index contributed by atoms with van der Waals surface area (Å²) in [5.41, 5.74) is 0.374. The van der Waals surface area contributed by atoms with Crippen molar-refractivity contribution in [3.8, 4) is 0 Å². The molecular weight excluding hydrogens is 404 g/mol. The fourth-order valence-corrected chi connectivity index (χ4v) is 3.52. The molecule has 8 heteroatoms. The lowest BCUT2D eigenvalue weighted by Gasteiger charge is -2.24. The standard InChI is InChI=1S/C15H14BrClN2O3S/c1-15(2,14(20)19-11-5-8-13(17)18-9-11)23(21,22)12-6-3-10(16)4-7-12/h3-9H,1-2H3,(H,19,20). The van der Waals surface area contributed by atoms with Gasteiger partial charge in [-0.2, -0.15) is 0 Å². The Morgan fingerprint density at radius 2 is 1.78 bits per heavy atom. The second-order valence-corrected chi connectivity index (χ2v) is 9.09. The zero-order valence-corrected chi connectivity index (χ0v) is 15.5. The van der Waals surface area contributed by atoms with Gasteiger partial charge in [-0.25, -0.2) is 13.4 Å². The Hall–Kier alpha value is -1.44. The molecule has 0 saturated heterocycles. The Morgan fingerprint density at radius 3 is 2.30 bits per heavy atom. The summed E-state index contributed by atoms with van der Waals surface area (Å²) in [7, 11) is -3.86. The fourth-order valence-electron chi connectivity index (χ4n) is 1.76. The van der Waals surface area contributed by atoms with E-state index >= 15 is 0 Å². The van der Waals surface area contributed by atoms with Gasteiger partial charge in [0.1, 0.15) is 9.90 Å². The molecule has 2 aromatic rings. The quantitative estimate of drug-likeness (QED) is 0.770.